The number of hydrogen-bond acceptors (Lipinski definition) is 7. The molecule has 3 aromatic rings. The third kappa shape index (κ3) is 3.71. The van der Waals surface area contributed by atoms with E-state index in [0.29, 0.717) is 23.5 Å². The Morgan fingerprint density at radius 1 is 1.23 bits per heavy atom. The molecule has 156 valence electrons. The molecule has 2 saturated heterocycles. The number of carbonyl (C=O) groups is 1. The minimum absolute atomic E-state index is 0.168. The Bertz CT molecular complexity index is 1080. The van der Waals surface area contributed by atoms with Crippen LogP contribution in [0.2, 0.25) is 0 Å². The molecule has 0 radical (unpaired) electrons. The molecule has 9 nitrogen and oxygen atoms in total. The molecule has 2 aliphatic heterocycles. The summed E-state index contributed by atoms with van der Waals surface area (Å²) in [7, 11) is 0. The van der Waals surface area contributed by atoms with E-state index in [1.54, 1.807) is 29.9 Å². The zero-order valence-corrected chi connectivity index (χ0v) is 16.5. The lowest BCUT2D eigenvalue weighted by atomic mass is 10.2. The number of amides is 1. The summed E-state index contributed by atoms with van der Waals surface area (Å²) in [4.78, 5) is 27.4. The van der Waals surface area contributed by atoms with Crippen LogP contribution in [0.5, 0.6) is 0 Å². The van der Waals surface area contributed by atoms with Gasteiger partial charge in [0.25, 0.3) is 5.91 Å². The second kappa shape index (κ2) is 7.62. The molecule has 30 heavy (non-hydrogen) atoms. The zero-order valence-electron chi connectivity index (χ0n) is 16.5. The number of ether oxygens (including phenoxy) is 1. The highest BCUT2D eigenvalue weighted by atomic mass is 19.1. The van der Waals surface area contributed by atoms with Gasteiger partial charge in [0.15, 0.2) is 11.5 Å². The third-order valence-electron chi connectivity index (χ3n) is 5.38. The Labute approximate surface area is 172 Å². The van der Waals surface area contributed by atoms with E-state index >= 15 is 0 Å². The molecule has 2 fully saturated rings. The first-order valence-electron chi connectivity index (χ1n) is 9.92. The fraction of sp³-hybridized carbons (Fsp3) is 0.400. The largest absolute Gasteiger partial charge is 0.378 e. The molecule has 1 unspecified atom stereocenters. The molecule has 0 saturated carbocycles. The van der Waals surface area contributed by atoms with Gasteiger partial charge in [0.05, 0.1) is 43.0 Å². The molecule has 0 aliphatic carbocycles. The third-order valence-corrected chi connectivity index (χ3v) is 5.38. The van der Waals surface area contributed by atoms with Gasteiger partial charge in [-0.25, -0.2) is 19.3 Å². The van der Waals surface area contributed by atoms with Crippen LogP contribution in [0.15, 0.2) is 30.9 Å². The summed E-state index contributed by atoms with van der Waals surface area (Å²) in [6.45, 7) is 5.06. The molecule has 0 spiro atoms. The van der Waals surface area contributed by atoms with Gasteiger partial charge in [-0.3, -0.25) is 4.79 Å². The van der Waals surface area contributed by atoms with Crippen LogP contribution >= 0.6 is 0 Å². The number of carbonyl (C=O) groups excluding carboxylic acids is 1. The zero-order chi connectivity index (χ0) is 20.7. The molecular weight excluding hydrogens is 389 g/mol. The van der Waals surface area contributed by atoms with Crippen LogP contribution in [0.3, 0.4) is 0 Å². The average Bonchev–Trinajstić information content (AvgIpc) is 3.31. The highest BCUT2D eigenvalue weighted by Crippen LogP contribution is 2.19. The Morgan fingerprint density at radius 3 is 2.83 bits per heavy atom. The molecule has 1 amide bonds. The van der Waals surface area contributed by atoms with Crippen LogP contribution in [0.25, 0.3) is 5.65 Å². The first-order chi connectivity index (χ1) is 14.5. The molecule has 1 atom stereocenters. The van der Waals surface area contributed by atoms with Crippen molar-refractivity contribution >= 4 is 23.1 Å². The number of anilines is 2. The summed E-state index contributed by atoms with van der Waals surface area (Å²) in [6.07, 6.45) is 7.39. The fourth-order valence-corrected chi connectivity index (χ4v) is 3.81. The molecule has 10 heteroatoms. The molecule has 5 rings (SSSR count). The molecule has 2 aliphatic rings. The first kappa shape index (κ1) is 18.9. The summed E-state index contributed by atoms with van der Waals surface area (Å²) < 4.78 is 20.9. The number of aromatic nitrogens is 4. The summed E-state index contributed by atoms with van der Waals surface area (Å²) in [6, 6.07) is 2.09. The van der Waals surface area contributed by atoms with Crippen molar-refractivity contribution in [2.24, 2.45) is 0 Å². The van der Waals surface area contributed by atoms with E-state index in [9.17, 15) is 9.18 Å². The van der Waals surface area contributed by atoms with E-state index in [2.05, 4.69) is 30.5 Å². The monoisotopic (exact) mass is 411 g/mol. The van der Waals surface area contributed by atoms with E-state index in [4.69, 9.17) is 4.74 Å². The van der Waals surface area contributed by atoms with Gasteiger partial charge in [-0.05, 0) is 13.3 Å². The van der Waals surface area contributed by atoms with E-state index in [1.165, 1.54) is 12.3 Å². The minimum atomic E-state index is -0.506. The van der Waals surface area contributed by atoms with Crippen LogP contribution < -0.4 is 15.5 Å². The normalized spacial score (nSPS) is 19.3. The van der Waals surface area contributed by atoms with Gasteiger partial charge < -0.3 is 24.7 Å². The van der Waals surface area contributed by atoms with Crippen LogP contribution in [0.4, 0.5) is 15.9 Å². The second-order valence-electron chi connectivity index (χ2n) is 7.74. The van der Waals surface area contributed by atoms with Gasteiger partial charge in [0.1, 0.15) is 11.5 Å². The van der Waals surface area contributed by atoms with Gasteiger partial charge in [0, 0.05) is 37.6 Å². The topological polar surface area (TPSA) is 96.7 Å². The molecule has 0 aromatic carbocycles. The number of nitrogens with zero attached hydrogens (tertiary/aromatic N) is 5. The Morgan fingerprint density at radius 2 is 2.10 bits per heavy atom. The number of nitrogens with one attached hydrogen (secondary N) is 2. The second-order valence-corrected chi connectivity index (χ2v) is 7.74. The van der Waals surface area contributed by atoms with Crippen LogP contribution in [0.1, 0.15) is 22.6 Å². The number of pyridine rings is 1. The van der Waals surface area contributed by atoms with Gasteiger partial charge >= 0.3 is 0 Å². The summed E-state index contributed by atoms with van der Waals surface area (Å²) in [5.74, 6) is -0.217. The fourth-order valence-electron chi connectivity index (χ4n) is 3.81. The lowest BCUT2D eigenvalue weighted by molar-refractivity contribution is -0.00895. The van der Waals surface area contributed by atoms with E-state index in [-0.39, 0.29) is 11.3 Å². The Balaban J connectivity index is 1.23. The van der Waals surface area contributed by atoms with E-state index < -0.39 is 11.7 Å². The maximum absolute atomic E-state index is 14.2. The summed E-state index contributed by atoms with van der Waals surface area (Å²) in [5.41, 5.74) is 1.40. The van der Waals surface area contributed by atoms with Gasteiger partial charge in [-0.15, -0.1) is 0 Å². The smallest absolute Gasteiger partial charge is 0.275 e. The molecule has 5 heterocycles. The number of fused-ring (bicyclic) bond motifs is 1. The Kier molecular flexibility index (Phi) is 4.80. The quantitative estimate of drug-likeness (QED) is 0.655. The van der Waals surface area contributed by atoms with Crippen molar-refractivity contribution in [3.8, 4) is 0 Å². The van der Waals surface area contributed by atoms with Gasteiger partial charge in [-0.1, -0.05) is 0 Å². The molecule has 0 bridgehead atoms. The highest BCUT2D eigenvalue weighted by molar-refractivity contribution is 6.02. The van der Waals surface area contributed by atoms with Crippen molar-refractivity contribution in [3.63, 3.8) is 0 Å². The average molecular weight is 411 g/mol. The molecular formula is C20H22FN7O2. The number of imidazole rings is 1. The maximum Gasteiger partial charge on any atom is 0.275 e. The van der Waals surface area contributed by atoms with E-state index in [0.717, 1.165) is 38.5 Å². The Hall–Kier alpha value is -3.11. The summed E-state index contributed by atoms with van der Waals surface area (Å²) in [5, 5.41) is 6.24. The number of halogens is 1. The van der Waals surface area contributed by atoms with Gasteiger partial charge in [0.2, 0.25) is 0 Å². The van der Waals surface area contributed by atoms with Crippen molar-refractivity contribution in [2.75, 3.05) is 36.5 Å². The standard InChI is InChI=1S/C20H22FN7O2/c1-12-7-28-9-14(4-16(21)19(28)24-12)26-20(29)17-5-23-18(6-22-17)27-3-2-13(8-27)25-15-10-30-11-15/h4-7,9,13,15,25H,2-3,8,10-11H2,1H3,(H,26,29). The van der Waals surface area contributed by atoms with Crippen molar-refractivity contribution in [2.45, 2.75) is 25.4 Å². The van der Waals surface area contributed by atoms with Crippen molar-refractivity contribution < 1.29 is 13.9 Å². The van der Waals surface area contributed by atoms with Crippen molar-refractivity contribution in [1.29, 1.82) is 0 Å². The SMILES string of the molecule is Cc1cn2cc(NC(=O)c3cnc(N4CCC(NC5COC5)C4)cn3)cc(F)c2n1. The summed E-state index contributed by atoms with van der Waals surface area (Å²) >= 11 is 0. The van der Waals surface area contributed by atoms with Crippen LogP contribution in [-0.4, -0.2) is 63.6 Å². The predicted molar refractivity (Wildman–Crippen MR) is 108 cm³/mol. The number of aryl methyl sites for hydroxylation is 1. The number of hydrogen-bond donors (Lipinski definition) is 2. The molecule has 2 N–H and O–H groups in total. The number of rotatable bonds is 5. The molecule has 3 aromatic heterocycles. The van der Waals surface area contributed by atoms with Crippen LogP contribution in [-0.2, 0) is 4.74 Å². The lowest BCUT2D eigenvalue weighted by Crippen LogP contribution is -2.51. The maximum atomic E-state index is 14.2. The van der Waals surface area contributed by atoms with Crippen LogP contribution in [0, 0.1) is 12.7 Å². The first-order valence-corrected chi connectivity index (χ1v) is 9.92. The van der Waals surface area contributed by atoms with Crippen molar-refractivity contribution in [3.05, 3.63) is 48.1 Å². The highest BCUT2D eigenvalue weighted by Gasteiger charge is 2.28. The van der Waals surface area contributed by atoms with E-state index in [1.807, 2.05) is 0 Å². The lowest BCUT2D eigenvalue weighted by Gasteiger charge is -2.30. The predicted octanol–water partition coefficient (Wildman–Crippen LogP) is 1.39. The van der Waals surface area contributed by atoms with Crippen molar-refractivity contribution in [1.82, 2.24) is 24.7 Å². The van der Waals surface area contributed by atoms with Gasteiger partial charge in [-0.2, -0.15) is 0 Å². The minimum Gasteiger partial charge on any atom is -0.378 e.